The second-order valence-electron chi connectivity index (χ2n) is 6.90. The molecule has 4 rings (SSSR count). The van der Waals surface area contributed by atoms with E-state index in [2.05, 4.69) is 15.9 Å². The minimum absolute atomic E-state index is 0.0423. The molecule has 0 aliphatic carbocycles. The van der Waals surface area contributed by atoms with Crippen molar-refractivity contribution in [3.05, 3.63) is 58.6 Å². The first-order chi connectivity index (χ1) is 12.8. The largest absolute Gasteiger partial charge is 0.324 e. The van der Waals surface area contributed by atoms with Gasteiger partial charge in [0.15, 0.2) is 0 Å². The SMILES string of the molecule is Cc1ccc(S(=O)(=O)O[C@@H]2C[C@@H]3CN(c4ccc(Br)cc4)C(=O)N3C2)cc1. The quantitative estimate of drug-likeness (QED) is 0.667. The molecule has 0 bridgehead atoms. The molecular formula is C19H19BrN2O4S. The predicted molar refractivity (Wildman–Crippen MR) is 105 cm³/mol. The highest BCUT2D eigenvalue weighted by atomic mass is 79.9. The van der Waals surface area contributed by atoms with Crippen LogP contribution in [0.2, 0.25) is 0 Å². The minimum atomic E-state index is -3.84. The normalized spacial score (nSPS) is 22.4. The number of carbonyl (C=O) groups excluding carboxylic acids is 1. The molecule has 0 unspecified atom stereocenters. The molecule has 0 radical (unpaired) electrons. The van der Waals surface area contributed by atoms with Gasteiger partial charge in [-0.2, -0.15) is 8.42 Å². The fraction of sp³-hybridized carbons (Fsp3) is 0.316. The van der Waals surface area contributed by atoms with Crippen LogP contribution in [0.4, 0.5) is 10.5 Å². The van der Waals surface area contributed by atoms with E-state index < -0.39 is 16.2 Å². The van der Waals surface area contributed by atoms with Gasteiger partial charge in [-0.05, 0) is 49.7 Å². The Balaban J connectivity index is 1.44. The summed E-state index contributed by atoms with van der Waals surface area (Å²) in [5, 5.41) is 0. The number of carbonyl (C=O) groups is 1. The highest BCUT2D eigenvalue weighted by molar-refractivity contribution is 9.10. The van der Waals surface area contributed by atoms with Crippen LogP contribution in [0, 0.1) is 6.92 Å². The van der Waals surface area contributed by atoms with Crippen LogP contribution in [-0.4, -0.2) is 44.6 Å². The number of nitrogens with zero attached hydrogens (tertiary/aromatic N) is 2. The minimum Gasteiger partial charge on any atom is -0.317 e. The van der Waals surface area contributed by atoms with E-state index >= 15 is 0 Å². The third-order valence-corrected chi connectivity index (χ3v) is 6.86. The predicted octanol–water partition coefficient (Wildman–Crippen LogP) is 3.55. The molecule has 2 amide bonds. The maximum Gasteiger partial charge on any atom is 0.324 e. The molecule has 2 aromatic carbocycles. The van der Waals surface area contributed by atoms with Gasteiger partial charge in [0.05, 0.1) is 23.6 Å². The number of fused-ring (bicyclic) bond motifs is 1. The molecule has 0 saturated carbocycles. The topological polar surface area (TPSA) is 66.9 Å². The number of rotatable bonds is 4. The van der Waals surface area contributed by atoms with E-state index in [9.17, 15) is 13.2 Å². The summed E-state index contributed by atoms with van der Waals surface area (Å²) in [6.07, 6.45) is -0.0125. The van der Waals surface area contributed by atoms with Gasteiger partial charge in [0.1, 0.15) is 0 Å². The zero-order valence-corrected chi connectivity index (χ0v) is 17.1. The van der Waals surface area contributed by atoms with E-state index in [1.165, 1.54) is 0 Å². The molecule has 2 atom stereocenters. The second-order valence-corrected chi connectivity index (χ2v) is 9.38. The van der Waals surface area contributed by atoms with E-state index in [0.29, 0.717) is 13.0 Å². The number of halogens is 1. The maximum atomic E-state index is 12.7. The maximum absolute atomic E-state index is 12.7. The Morgan fingerprint density at radius 2 is 1.70 bits per heavy atom. The zero-order valence-electron chi connectivity index (χ0n) is 14.7. The first-order valence-corrected chi connectivity index (χ1v) is 10.9. The Bertz CT molecular complexity index is 960. The van der Waals surface area contributed by atoms with Gasteiger partial charge in [-0.3, -0.25) is 9.08 Å². The smallest absolute Gasteiger partial charge is 0.317 e. The third kappa shape index (κ3) is 3.61. The Morgan fingerprint density at radius 1 is 1.04 bits per heavy atom. The van der Waals surface area contributed by atoms with Crippen LogP contribution in [0.3, 0.4) is 0 Å². The first-order valence-electron chi connectivity index (χ1n) is 8.67. The van der Waals surface area contributed by atoms with Gasteiger partial charge in [-0.15, -0.1) is 0 Å². The zero-order chi connectivity index (χ0) is 19.2. The summed E-state index contributed by atoms with van der Waals surface area (Å²) in [4.78, 5) is 16.3. The van der Waals surface area contributed by atoms with Gasteiger partial charge in [0.2, 0.25) is 0 Å². The third-order valence-electron chi connectivity index (χ3n) is 4.96. The molecule has 27 heavy (non-hydrogen) atoms. The fourth-order valence-electron chi connectivity index (χ4n) is 3.57. The van der Waals surface area contributed by atoms with Crippen molar-refractivity contribution in [2.75, 3.05) is 18.0 Å². The summed E-state index contributed by atoms with van der Waals surface area (Å²) in [5.41, 5.74) is 1.82. The van der Waals surface area contributed by atoms with Crippen LogP contribution in [-0.2, 0) is 14.3 Å². The van der Waals surface area contributed by atoms with Gasteiger partial charge in [-0.25, -0.2) is 4.79 Å². The summed E-state index contributed by atoms with van der Waals surface area (Å²) in [6.45, 7) is 2.71. The summed E-state index contributed by atoms with van der Waals surface area (Å²) < 4.78 is 31.3. The molecule has 2 aromatic rings. The van der Waals surface area contributed by atoms with E-state index in [1.807, 2.05) is 31.2 Å². The number of amides is 2. The van der Waals surface area contributed by atoms with Crippen LogP contribution >= 0.6 is 15.9 Å². The Hall–Kier alpha value is -1.90. The Labute approximate surface area is 167 Å². The highest BCUT2D eigenvalue weighted by Crippen LogP contribution is 2.33. The lowest BCUT2D eigenvalue weighted by Gasteiger charge is -2.19. The number of aryl methyl sites for hydroxylation is 1. The molecule has 0 aromatic heterocycles. The van der Waals surface area contributed by atoms with Crippen molar-refractivity contribution < 1.29 is 17.4 Å². The number of anilines is 1. The number of benzene rings is 2. The fourth-order valence-corrected chi connectivity index (χ4v) is 4.91. The molecular weight excluding hydrogens is 432 g/mol. The van der Waals surface area contributed by atoms with Gasteiger partial charge in [-0.1, -0.05) is 33.6 Å². The average Bonchev–Trinajstić information content (AvgIpc) is 3.14. The van der Waals surface area contributed by atoms with Gasteiger partial charge >= 0.3 is 6.03 Å². The molecule has 2 saturated heterocycles. The van der Waals surface area contributed by atoms with Crippen LogP contribution in [0.15, 0.2) is 57.9 Å². The van der Waals surface area contributed by atoms with Crippen molar-refractivity contribution in [2.45, 2.75) is 30.4 Å². The van der Waals surface area contributed by atoms with Crippen LogP contribution in [0.25, 0.3) is 0 Å². The lowest BCUT2D eigenvalue weighted by atomic mass is 10.2. The molecule has 2 aliphatic heterocycles. The van der Waals surface area contributed by atoms with E-state index in [-0.39, 0.29) is 23.5 Å². The van der Waals surface area contributed by atoms with E-state index in [0.717, 1.165) is 15.7 Å². The standard InChI is InChI=1S/C19H19BrN2O4S/c1-13-2-8-18(9-3-13)27(24,25)26-17-10-16-11-21(19(23)22(16)12-17)15-6-4-14(20)5-7-15/h2-9,16-17H,10-12H2,1H3/t16-,17-/m1/s1. The number of urea groups is 1. The second kappa shape index (κ2) is 6.92. The molecule has 6 nitrogen and oxygen atoms in total. The van der Waals surface area contributed by atoms with Gasteiger partial charge < -0.3 is 4.90 Å². The van der Waals surface area contributed by atoms with E-state index in [4.69, 9.17) is 4.18 Å². The summed E-state index contributed by atoms with van der Waals surface area (Å²) in [5.74, 6) is 0. The van der Waals surface area contributed by atoms with Crippen LogP contribution in [0.1, 0.15) is 12.0 Å². The van der Waals surface area contributed by atoms with Crippen molar-refractivity contribution in [3.63, 3.8) is 0 Å². The Morgan fingerprint density at radius 3 is 2.33 bits per heavy atom. The highest BCUT2D eigenvalue weighted by Gasteiger charge is 2.46. The number of hydrogen-bond donors (Lipinski definition) is 0. The molecule has 0 spiro atoms. The Kier molecular flexibility index (Phi) is 4.73. The average molecular weight is 451 g/mol. The molecule has 2 heterocycles. The molecule has 2 aliphatic rings. The molecule has 0 N–H and O–H groups in total. The number of hydrogen-bond acceptors (Lipinski definition) is 4. The van der Waals surface area contributed by atoms with Crippen molar-refractivity contribution in [3.8, 4) is 0 Å². The van der Waals surface area contributed by atoms with Gasteiger partial charge in [0, 0.05) is 16.7 Å². The summed E-state index contributed by atoms with van der Waals surface area (Å²) in [7, 11) is -3.84. The van der Waals surface area contributed by atoms with Crippen molar-refractivity contribution in [1.29, 1.82) is 0 Å². The van der Waals surface area contributed by atoms with Crippen molar-refractivity contribution in [1.82, 2.24) is 4.90 Å². The molecule has 2 fully saturated rings. The van der Waals surface area contributed by atoms with Crippen molar-refractivity contribution in [2.24, 2.45) is 0 Å². The van der Waals surface area contributed by atoms with Gasteiger partial charge in [0.25, 0.3) is 10.1 Å². The first kappa shape index (κ1) is 18.5. The van der Waals surface area contributed by atoms with Crippen LogP contribution < -0.4 is 4.90 Å². The summed E-state index contributed by atoms with van der Waals surface area (Å²) in [6, 6.07) is 14.0. The molecule has 8 heteroatoms. The monoisotopic (exact) mass is 450 g/mol. The van der Waals surface area contributed by atoms with E-state index in [1.54, 1.807) is 34.1 Å². The molecule has 142 valence electrons. The summed E-state index contributed by atoms with van der Waals surface area (Å²) >= 11 is 3.39. The lowest BCUT2D eigenvalue weighted by molar-refractivity contribution is 0.197. The lowest BCUT2D eigenvalue weighted by Crippen LogP contribution is -2.34. The van der Waals surface area contributed by atoms with Crippen molar-refractivity contribution >= 4 is 37.8 Å². The van der Waals surface area contributed by atoms with Crippen LogP contribution in [0.5, 0.6) is 0 Å².